The molecule has 82 valence electrons. The van der Waals surface area contributed by atoms with Crippen LogP contribution >= 0.6 is 0 Å². The number of rotatable bonds is 3. The minimum Gasteiger partial charge on any atom is -0.341 e. The fourth-order valence-electron chi connectivity index (χ4n) is 1.27. The molecule has 0 saturated carbocycles. The number of halogens is 1. The first-order valence-corrected chi connectivity index (χ1v) is 4.84. The molecule has 0 aliphatic carbocycles. The predicted octanol–water partition coefficient (Wildman–Crippen LogP) is 1.61. The summed E-state index contributed by atoms with van der Waals surface area (Å²) < 4.78 is 12.9. The Morgan fingerprint density at radius 3 is 2.80 bits per heavy atom. The Labute approximate surface area is 88.7 Å². The fourth-order valence-corrected chi connectivity index (χ4v) is 1.27. The highest BCUT2D eigenvalue weighted by molar-refractivity contribution is 5.73. The molecule has 1 rings (SSSR count). The maximum absolute atomic E-state index is 12.9. The number of urea groups is 1. The van der Waals surface area contributed by atoms with Gasteiger partial charge in [-0.2, -0.15) is 0 Å². The van der Waals surface area contributed by atoms with E-state index in [4.69, 9.17) is 0 Å². The Hall–Kier alpha value is -1.58. The van der Waals surface area contributed by atoms with Crippen molar-refractivity contribution in [1.29, 1.82) is 0 Å². The summed E-state index contributed by atoms with van der Waals surface area (Å²) in [6, 6.07) is 4.77. The molecule has 0 unspecified atom stereocenters. The molecule has 0 atom stereocenters. The highest BCUT2D eigenvalue weighted by Gasteiger charge is 2.00. The molecule has 2 amide bonds. The molecule has 0 spiro atoms. The summed E-state index contributed by atoms with van der Waals surface area (Å²) in [5, 5.41) is 5.13. The zero-order valence-electron chi connectivity index (χ0n) is 8.93. The third-order valence-electron chi connectivity index (χ3n) is 2.15. The van der Waals surface area contributed by atoms with Crippen LogP contribution < -0.4 is 10.6 Å². The van der Waals surface area contributed by atoms with E-state index in [9.17, 15) is 9.18 Å². The van der Waals surface area contributed by atoms with Crippen LogP contribution in [0.1, 0.15) is 11.1 Å². The van der Waals surface area contributed by atoms with Crippen molar-refractivity contribution in [3.05, 3.63) is 35.1 Å². The molecule has 0 aromatic heterocycles. The van der Waals surface area contributed by atoms with Gasteiger partial charge in [0.1, 0.15) is 5.82 Å². The Morgan fingerprint density at radius 2 is 2.20 bits per heavy atom. The van der Waals surface area contributed by atoms with Crippen LogP contribution in [-0.2, 0) is 6.42 Å². The third kappa shape index (κ3) is 3.58. The monoisotopic (exact) mass is 210 g/mol. The van der Waals surface area contributed by atoms with Gasteiger partial charge >= 0.3 is 6.03 Å². The number of aryl methyl sites for hydroxylation is 1. The summed E-state index contributed by atoms with van der Waals surface area (Å²) in [6.45, 7) is 2.27. The van der Waals surface area contributed by atoms with Crippen LogP contribution in [0.4, 0.5) is 9.18 Å². The maximum Gasteiger partial charge on any atom is 0.314 e. The fraction of sp³-hybridized carbons (Fsp3) is 0.364. The first kappa shape index (κ1) is 11.5. The highest BCUT2D eigenvalue weighted by Crippen LogP contribution is 2.09. The Kier molecular flexibility index (Phi) is 4.09. The summed E-state index contributed by atoms with van der Waals surface area (Å²) in [5.41, 5.74) is 1.65. The van der Waals surface area contributed by atoms with Gasteiger partial charge < -0.3 is 10.6 Å². The molecule has 15 heavy (non-hydrogen) atoms. The van der Waals surface area contributed by atoms with E-state index < -0.39 is 0 Å². The van der Waals surface area contributed by atoms with Crippen molar-refractivity contribution in [3.8, 4) is 0 Å². The van der Waals surface area contributed by atoms with Gasteiger partial charge in [-0.25, -0.2) is 9.18 Å². The van der Waals surface area contributed by atoms with Crippen LogP contribution in [0.5, 0.6) is 0 Å². The number of nitrogens with one attached hydrogen (secondary N) is 2. The SMILES string of the molecule is CNC(=O)NCCc1ccc(F)c(C)c1. The lowest BCUT2D eigenvalue weighted by molar-refractivity contribution is 0.243. The van der Waals surface area contributed by atoms with Gasteiger partial charge in [-0.1, -0.05) is 12.1 Å². The lowest BCUT2D eigenvalue weighted by Crippen LogP contribution is -2.33. The van der Waals surface area contributed by atoms with Crippen molar-refractivity contribution in [1.82, 2.24) is 10.6 Å². The number of hydrogen-bond acceptors (Lipinski definition) is 1. The lowest BCUT2D eigenvalue weighted by atomic mass is 10.1. The average molecular weight is 210 g/mol. The molecule has 0 saturated heterocycles. The molecule has 0 aliphatic rings. The topological polar surface area (TPSA) is 41.1 Å². The molecular formula is C11H15FN2O. The predicted molar refractivity (Wildman–Crippen MR) is 57.3 cm³/mol. The second-order valence-corrected chi connectivity index (χ2v) is 3.34. The summed E-state index contributed by atoms with van der Waals surface area (Å²) in [4.78, 5) is 10.8. The van der Waals surface area contributed by atoms with Crippen LogP contribution in [0.25, 0.3) is 0 Å². The van der Waals surface area contributed by atoms with Gasteiger partial charge in [0.05, 0.1) is 0 Å². The first-order chi connectivity index (χ1) is 7.13. The molecule has 3 nitrogen and oxygen atoms in total. The van der Waals surface area contributed by atoms with E-state index in [-0.39, 0.29) is 11.8 Å². The zero-order chi connectivity index (χ0) is 11.3. The summed E-state index contributed by atoms with van der Waals surface area (Å²) >= 11 is 0. The van der Waals surface area contributed by atoms with Crippen molar-refractivity contribution in [2.45, 2.75) is 13.3 Å². The number of amides is 2. The zero-order valence-corrected chi connectivity index (χ0v) is 8.93. The van der Waals surface area contributed by atoms with Gasteiger partial charge in [0, 0.05) is 13.6 Å². The van der Waals surface area contributed by atoms with Crippen molar-refractivity contribution >= 4 is 6.03 Å². The minimum absolute atomic E-state index is 0.196. The average Bonchev–Trinajstić information content (AvgIpc) is 2.23. The normalized spacial score (nSPS) is 9.80. The van der Waals surface area contributed by atoms with E-state index in [2.05, 4.69) is 10.6 Å². The van der Waals surface area contributed by atoms with Crippen LogP contribution in [0.2, 0.25) is 0 Å². The van der Waals surface area contributed by atoms with Gasteiger partial charge in [-0.3, -0.25) is 0 Å². The van der Waals surface area contributed by atoms with Gasteiger partial charge in [-0.15, -0.1) is 0 Å². The van der Waals surface area contributed by atoms with Gasteiger partial charge in [-0.05, 0) is 30.5 Å². The smallest absolute Gasteiger partial charge is 0.314 e. The van der Waals surface area contributed by atoms with Crippen molar-refractivity contribution in [3.63, 3.8) is 0 Å². The molecule has 0 fully saturated rings. The van der Waals surface area contributed by atoms with E-state index in [0.717, 1.165) is 5.56 Å². The van der Waals surface area contributed by atoms with E-state index in [1.165, 1.54) is 6.07 Å². The molecule has 1 aromatic carbocycles. The first-order valence-electron chi connectivity index (χ1n) is 4.84. The lowest BCUT2D eigenvalue weighted by Gasteiger charge is -2.05. The molecule has 0 heterocycles. The van der Waals surface area contributed by atoms with E-state index >= 15 is 0 Å². The molecule has 0 radical (unpaired) electrons. The number of hydrogen-bond donors (Lipinski definition) is 2. The molecular weight excluding hydrogens is 195 g/mol. The van der Waals surface area contributed by atoms with Gasteiger partial charge in [0.25, 0.3) is 0 Å². The summed E-state index contributed by atoms with van der Waals surface area (Å²) in [5.74, 6) is -0.196. The summed E-state index contributed by atoms with van der Waals surface area (Å²) in [6.07, 6.45) is 0.703. The Morgan fingerprint density at radius 1 is 1.47 bits per heavy atom. The quantitative estimate of drug-likeness (QED) is 0.781. The highest BCUT2D eigenvalue weighted by atomic mass is 19.1. The molecule has 0 aliphatic heterocycles. The number of carbonyl (C=O) groups is 1. The summed E-state index contributed by atoms with van der Waals surface area (Å²) in [7, 11) is 1.57. The van der Waals surface area contributed by atoms with Crippen LogP contribution in [0.3, 0.4) is 0 Å². The van der Waals surface area contributed by atoms with Gasteiger partial charge in [0.15, 0.2) is 0 Å². The van der Waals surface area contributed by atoms with Crippen molar-refractivity contribution in [2.75, 3.05) is 13.6 Å². The van der Waals surface area contributed by atoms with Crippen LogP contribution in [0, 0.1) is 12.7 Å². The second kappa shape index (κ2) is 5.34. The van der Waals surface area contributed by atoms with Crippen molar-refractivity contribution < 1.29 is 9.18 Å². The van der Waals surface area contributed by atoms with Crippen molar-refractivity contribution in [2.24, 2.45) is 0 Å². The van der Waals surface area contributed by atoms with E-state index in [0.29, 0.717) is 18.5 Å². The minimum atomic E-state index is -0.200. The molecule has 4 heteroatoms. The van der Waals surface area contributed by atoms with Crippen LogP contribution in [0.15, 0.2) is 18.2 Å². The Balaban J connectivity index is 2.44. The van der Waals surface area contributed by atoms with E-state index in [1.807, 2.05) is 0 Å². The van der Waals surface area contributed by atoms with E-state index in [1.54, 1.807) is 26.1 Å². The molecule has 2 N–H and O–H groups in total. The molecule has 0 bridgehead atoms. The molecule has 1 aromatic rings. The maximum atomic E-state index is 12.9. The van der Waals surface area contributed by atoms with Gasteiger partial charge in [0.2, 0.25) is 0 Å². The third-order valence-corrected chi connectivity index (χ3v) is 2.15. The second-order valence-electron chi connectivity index (χ2n) is 3.34. The van der Waals surface area contributed by atoms with Crippen LogP contribution in [-0.4, -0.2) is 19.6 Å². The Bertz CT molecular complexity index is 352. The number of benzene rings is 1. The standard InChI is InChI=1S/C11H15FN2O/c1-8-7-9(3-4-10(8)12)5-6-14-11(15)13-2/h3-4,7H,5-6H2,1-2H3,(H2,13,14,15). The largest absolute Gasteiger partial charge is 0.341 e. The number of carbonyl (C=O) groups excluding carboxylic acids is 1.